The Bertz CT molecular complexity index is 504. The molecule has 1 atom stereocenters. The Hall–Kier alpha value is -0.640. The summed E-state index contributed by atoms with van der Waals surface area (Å²) < 4.78 is 4.05. The van der Waals surface area contributed by atoms with Crippen LogP contribution in [0.2, 0.25) is 5.02 Å². The van der Waals surface area contributed by atoms with E-state index in [-0.39, 0.29) is 5.91 Å². The van der Waals surface area contributed by atoms with Crippen LogP contribution in [0.3, 0.4) is 0 Å². The number of alkyl halides is 2. The molecule has 98 valence electrons. The summed E-state index contributed by atoms with van der Waals surface area (Å²) in [6.45, 7) is 1.73. The smallest absolute Gasteiger partial charge is 0.233 e. The molecule has 0 aliphatic heterocycles. The second-order valence-electron chi connectivity index (χ2n) is 4.52. The molecule has 1 saturated carbocycles. The monoisotopic (exact) mass is 307 g/mol. The molecule has 2 rings (SSSR count). The van der Waals surface area contributed by atoms with Gasteiger partial charge in [0.05, 0.1) is 17.5 Å². The number of rotatable bonds is 3. The normalized spacial score (nSPS) is 24.5. The Kier molecular flexibility index (Phi) is 3.43. The second kappa shape index (κ2) is 4.48. The van der Waals surface area contributed by atoms with Crippen molar-refractivity contribution in [2.45, 2.75) is 17.7 Å². The number of carbonyl (C=O) groups excluding carboxylic acids is 1. The van der Waals surface area contributed by atoms with Crippen molar-refractivity contribution in [1.82, 2.24) is 0 Å². The van der Waals surface area contributed by atoms with Crippen LogP contribution in [0.4, 0.5) is 5.69 Å². The van der Waals surface area contributed by atoms with Crippen molar-refractivity contribution >= 4 is 46.4 Å². The van der Waals surface area contributed by atoms with Gasteiger partial charge in [-0.1, -0.05) is 11.6 Å². The van der Waals surface area contributed by atoms with Crippen molar-refractivity contribution in [3.05, 3.63) is 23.2 Å². The Morgan fingerprint density at radius 1 is 1.44 bits per heavy atom. The second-order valence-corrected chi connectivity index (χ2v) is 6.41. The van der Waals surface area contributed by atoms with Crippen molar-refractivity contribution < 1.29 is 9.53 Å². The maximum absolute atomic E-state index is 12.0. The Morgan fingerprint density at radius 2 is 2.06 bits per heavy atom. The summed E-state index contributed by atoms with van der Waals surface area (Å²) in [6, 6.07) is 5.01. The molecule has 0 spiro atoms. The first-order valence-corrected chi connectivity index (χ1v) is 6.46. The van der Waals surface area contributed by atoms with Gasteiger partial charge in [0.1, 0.15) is 10.1 Å². The predicted octanol–water partition coefficient (Wildman–Crippen LogP) is 3.87. The van der Waals surface area contributed by atoms with Crippen LogP contribution in [0, 0.1) is 5.41 Å². The summed E-state index contributed by atoms with van der Waals surface area (Å²) in [6.07, 6.45) is 0.443. The van der Waals surface area contributed by atoms with Gasteiger partial charge in [0.25, 0.3) is 0 Å². The third-order valence-electron chi connectivity index (χ3n) is 3.17. The first kappa shape index (κ1) is 13.8. The lowest BCUT2D eigenvalue weighted by Gasteiger charge is -2.13. The average Bonchev–Trinajstić information content (AvgIpc) is 2.80. The highest BCUT2D eigenvalue weighted by atomic mass is 35.5. The van der Waals surface area contributed by atoms with E-state index in [4.69, 9.17) is 39.5 Å². The van der Waals surface area contributed by atoms with Crippen LogP contribution in [-0.4, -0.2) is 17.4 Å². The maximum atomic E-state index is 12.0. The molecule has 0 saturated heterocycles. The Morgan fingerprint density at radius 3 is 2.50 bits per heavy atom. The van der Waals surface area contributed by atoms with Gasteiger partial charge < -0.3 is 10.1 Å². The maximum Gasteiger partial charge on any atom is 0.233 e. The molecule has 0 radical (unpaired) electrons. The number of nitrogens with one attached hydrogen (secondary N) is 1. The molecular formula is C12H12Cl3NO2. The number of carbonyl (C=O) groups is 1. The van der Waals surface area contributed by atoms with E-state index in [0.29, 0.717) is 22.9 Å². The van der Waals surface area contributed by atoms with E-state index in [1.54, 1.807) is 25.1 Å². The highest BCUT2D eigenvalue weighted by molar-refractivity contribution is 6.53. The molecule has 0 bridgehead atoms. The minimum Gasteiger partial charge on any atom is -0.495 e. The molecule has 0 aromatic heterocycles. The number of hydrogen-bond acceptors (Lipinski definition) is 2. The van der Waals surface area contributed by atoms with Crippen molar-refractivity contribution in [3.8, 4) is 5.75 Å². The minimum atomic E-state index is -0.979. The van der Waals surface area contributed by atoms with Gasteiger partial charge in [-0.05, 0) is 31.5 Å². The van der Waals surface area contributed by atoms with Crippen molar-refractivity contribution in [2.75, 3.05) is 12.4 Å². The molecule has 1 unspecified atom stereocenters. The molecule has 6 heteroatoms. The van der Waals surface area contributed by atoms with E-state index >= 15 is 0 Å². The number of methoxy groups -OCH3 is 1. The molecule has 1 aromatic carbocycles. The molecule has 1 aliphatic rings. The molecule has 1 amide bonds. The molecule has 1 N–H and O–H groups in total. The number of anilines is 1. The summed E-state index contributed by atoms with van der Waals surface area (Å²) in [5.41, 5.74) is -0.161. The van der Waals surface area contributed by atoms with Crippen LogP contribution in [0.5, 0.6) is 5.75 Å². The lowest BCUT2D eigenvalue weighted by molar-refractivity contribution is -0.120. The van der Waals surface area contributed by atoms with Crippen LogP contribution in [0.1, 0.15) is 13.3 Å². The number of benzene rings is 1. The van der Waals surface area contributed by atoms with Gasteiger partial charge in [-0.2, -0.15) is 0 Å². The molecule has 1 aromatic rings. The van der Waals surface area contributed by atoms with E-state index in [1.807, 2.05) is 0 Å². The third kappa shape index (κ3) is 2.27. The van der Waals surface area contributed by atoms with Gasteiger partial charge in [-0.3, -0.25) is 4.79 Å². The van der Waals surface area contributed by atoms with Crippen LogP contribution in [0.15, 0.2) is 18.2 Å². The number of hydrogen-bond donors (Lipinski definition) is 1. The highest BCUT2D eigenvalue weighted by Gasteiger charge is 2.67. The van der Waals surface area contributed by atoms with Gasteiger partial charge >= 0.3 is 0 Å². The Balaban J connectivity index is 2.11. The zero-order valence-electron chi connectivity index (χ0n) is 9.89. The fourth-order valence-corrected chi connectivity index (χ4v) is 2.62. The van der Waals surface area contributed by atoms with Crippen LogP contribution in [0.25, 0.3) is 0 Å². The molecule has 3 nitrogen and oxygen atoms in total. The molecule has 0 heterocycles. The first-order valence-electron chi connectivity index (χ1n) is 5.33. The highest BCUT2D eigenvalue weighted by Crippen LogP contribution is 2.64. The van der Waals surface area contributed by atoms with Crippen LogP contribution >= 0.6 is 34.8 Å². The van der Waals surface area contributed by atoms with E-state index in [2.05, 4.69) is 5.32 Å². The molecule has 1 fully saturated rings. The quantitative estimate of drug-likeness (QED) is 0.861. The van der Waals surface area contributed by atoms with Gasteiger partial charge in [0, 0.05) is 5.69 Å². The summed E-state index contributed by atoms with van der Waals surface area (Å²) in [7, 11) is 1.53. The zero-order valence-corrected chi connectivity index (χ0v) is 12.2. The lowest BCUT2D eigenvalue weighted by Crippen LogP contribution is -2.25. The fourth-order valence-electron chi connectivity index (χ4n) is 1.66. The van der Waals surface area contributed by atoms with E-state index in [1.165, 1.54) is 7.11 Å². The minimum absolute atomic E-state index is 0.214. The SMILES string of the molecule is COc1ccc(NC(=O)C2(C)CC2(Cl)Cl)cc1Cl. The van der Waals surface area contributed by atoms with E-state index in [9.17, 15) is 4.79 Å². The van der Waals surface area contributed by atoms with Crippen molar-refractivity contribution in [1.29, 1.82) is 0 Å². The largest absolute Gasteiger partial charge is 0.495 e. The van der Waals surface area contributed by atoms with Crippen LogP contribution in [-0.2, 0) is 4.79 Å². The van der Waals surface area contributed by atoms with E-state index < -0.39 is 9.75 Å². The molecular weight excluding hydrogens is 296 g/mol. The van der Waals surface area contributed by atoms with Gasteiger partial charge in [-0.15, -0.1) is 23.2 Å². The Labute approximate surface area is 120 Å². The standard InChI is InChI=1S/C12H12Cl3NO2/c1-11(6-12(11,14)15)10(17)16-7-3-4-9(18-2)8(13)5-7/h3-5H,6H2,1-2H3,(H,16,17). The van der Waals surface area contributed by atoms with Gasteiger partial charge in [0.15, 0.2) is 0 Å². The number of amides is 1. The number of halogens is 3. The van der Waals surface area contributed by atoms with Crippen LogP contribution < -0.4 is 10.1 Å². The zero-order chi connectivity index (χ0) is 13.6. The molecule has 1 aliphatic carbocycles. The first-order chi connectivity index (χ1) is 8.30. The lowest BCUT2D eigenvalue weighted by atomic mass is 10.1. The van der Waals surface area contributed by atoms with Crippen molar-refractivity contribution in [2.24, 2.45) is 5.41 Å². The summed E-state index contributed by atoms with van der Waals surface area (Å²) in [5, 5.41) is 3.17. The predicted molar refractivity (Wildman–Crippen MR) is 73.8 cm³/mol. The van der Waals surface area contributed by atoms with E-state index in [0.717, 1.165) is 0 Å². The summed E-state index contributed by atoms with van der Waals surface area (Å²) in [4.78, 5) is 12.0. The van der Waals surface area contributed by atoms with Gasteiger partial charge in [0.2, 0.25) is 5.91 Å². The third-order valence-corrected chi connectivity index (χ3v) is 4.57. The molecule has 18 heavy (non-hydrogen) atoms. The van der Waals surface area contributed by atoms with Gasteiger partial charge in [-0.25, -0.2) is 0 Å². The summed E-state index contributed by atoms with van der Waals surface area (Å²) in [5.74, 6) is 0.338. The summed E-state index contributed by atoms with van der Waals surface area (Å²) >= 11 is 17.9. The average molecular weight is 309 g/mol. The fraction of sp³-hybridized carbons (Fsp3) is 0.417. The topological polar surface area (TPSA) is 38.3 Å². The number of ether oxygens (including phenoxy) is 1. The van der Waals surface area contributed by atoms with Crippen molar-refractivity contribution in [3.63, 3.8) is 0 Å².